The van der Waals surface area contributed by atoms with Crippen LogP contribution in [0, 0.1) is 5.82 Å². The Morgan fingerprint density at radius 2 is 1.55 bits per heavy atom. The number of amides is 1. The Bertz CT molecular complexity index is 1020. The van der Waals surface area contributed by atoms with Gasteiger partial charge in [-0.3, -0.25) is 4.79 Å². The molecule has 0 radical (unpaired) electrons. The molecule has 0 aromatic heterocycles. The Hall–Kier alpha value is -2.67. The van der Waals surface area contributed by atoms with Crippen LogP contribution in [-0.2, 0) is 6.54 Å². The lowest BCUT2D eigenvalue weighted by Gasteiger charge is -2.12. The molecule has 3 N–H and O–H groups in total. The van der Waals surface area contributed by atoms with E-state index in [1.54, 1.807) is 36.4 Å². The van der Waals surface area contributed by atoms with E-state index in [9.17, 15) is 9.18 Å². The van der Waals surface area contributed by atoms with Gasteiger partial charge in [0.1, 0.15) is 5.82 Å². The molecule has 0 aliphatic heterocycles. The summed E-state index contributed by atoms with van der Waals surface area (Å²) in [4.78, 5) is 12.1. The van der Waals surface area contributed by atoms with Gasteiger partial charge in [0.15, 0.2) is 5.11 Å². The first kappa shape index (κ1) is 21.0. The van der Waals surface area contributed by atoms with E-state index in [1.807, 2.05) is 12.1 Å². The van der Waals surface area contributed by atoms with Crippen LogP contribution in [0.5, 0.6) is 0 Å². The number of rotatable bonds is 5. The lowest BCUT2D eigenvalue weighted by atomic mass is 10.1. The highest BCUT2D eigenvalue weighted by Crippen LogP contribution is 2.22. The number of anilines is 2. The van der Waals surface area contributed by atoms with Crippen molar-refractivity contribution in [1.82, 2.24) is 5.32 Å². The molecule has 1 amide bonds. The van der Waals surface area contributed by atoms with Crippen LogP contribution in [0.4, 0.5) is 15.8 Å². The molecule has 3 aromatic carbocycles. The van der Waals surface area contributed by atoms with Crippen LogP contribution in [0.2, 0.25) is 10.0 Å². The van der Waals surface area contributed by atoms with Crippen LogP contribution in [0.3, 0.4) is 0 Å². The number of carbonyl (C=O) groups is 1. The van der Waals surface area contributed by atoms with Crippen molar-refractivity contribution < 1.29 is 9.18 Å². The SMILES string of the molecule is O=C(Nc1ccc(CNC(=S)Nc2cc(Cl)cc(Cl)c2)cc1)c1ccccc1F. The second-order valence-corrected chi connectivity index (χ2v) is 7.38. The van der Waals surface area contributed by atoms with Gasteiger partial charge in [0.05, 0.1) is 5.56 Å². The molecular weight excluding hydrogens is 432 g/mol. The van der Waals surface area contributed by atoms with Crippen molar-refractivity contribution >= 4 is 57.8 Å². The van der Waals surface area contributed by atoms with Crippen LogP contribution in [0.15, 0.2) is 66.7 Å². The van der Waals surface area contributed by atoms with Crippen molar-refractivity contribution in [2.45, 2.75) is 6.54 Å². The average molecular weight is 448 g/mol. The first-order valence-electron chi connectivity index (χ1n) is 8.56. The quantitative estimate of drug-likeness (QED) is 0.428. The van der Waals surface area contributed by atoms with Gasteiger partial charge in [-0.05, 0) is 60.2 Å². The predicted octanol–water partition coefficient (Wildman–Crippen LogP) is 5.87. The van der Waals surface area contributed by atoms with Gasteiger partial charge >= 0.3 is 0 Å². The largest absolute Gasteiger partial charge is 0.358 e. The zero-order chi connectivity index (χ0) is 20.8. The third-order valence-electron chi connectivity index (χ3n) is 3.90. The molecule has 0 saturated carbocycles. The molecule has 0 fully saturated rings. The molecule has 148 valence electrons. The molecule has 3 aromatic rings. The van der Waals surface area contributed by atoms with Gasteiger partial charge in [-0.1, -0.05) is 47.5 Å². The topological polar surface area (TPSA) is 53.2 Å². The molecule has 3 rings (SSSR count). The standard InChI is InChI=1S/C21H16Cl2FN3OS/c22-14-9-15(23)11-17(10-14)27-21(29)25-12-13-5-7-16(8-6-13)26-20(28)18-3-1-2-4-19(18)24/h1-11H,12H2,(H,26,28)(H2,25,27,29). The summed E-state index contributed by atoms with van der Waals surface area (Å²) < 4.78 is 13.7. The molecule has 29 heavy (non-hydrogen) atoms. The first-order valence-corrected chi connectivity index (χ1v) is 9.73. The zero-order valence-corrected chi connectivity index (χ0v) is 17.3. The third kappa shape index (κ3) is 6.15. The van der Waals surface area contributed by atoms with Gasteiger partial charge in [0.25, 0.3) is 5.91 Å². The Morgan fingerprint density at radius 3 is 2.21 bits per heavy atom. The van der Waals surface area contributed by atoms with E-state index >= 15 is 0 Å². The monoisotopic (exact) mass is 447 g/mol. The fourth-order valence-electron chi connectivity index (χ4n) is 2.53. The summed E-state index contributed by atoms with van der Waals surface area (Å²) in [7, 11) is 0. The van der Waals surface area contributed by atoms with Gasteiger partial charge in [-0.25, -0.2) is 4.39 Å². The fraction of sp³-hybridized carbons (Fsp3) is 0.0476. The fourth-order valence-corrected chi connectivity index (χ4v) is 3.25. The van der Waals surface area contributed by atoms with Gasteiger partial charge in [0.2, 0.25) is 0 Å². The Morgan fingerprint density at radius 1 is 0.897 bits per heavy atom. The van der Waals surface area contributed by atoms with Gasteiger partial charge < -0.3 is 16.0 Å². The number of hydrogen-bond donors (Lipinski definition) is 3. The van der Waals surface area contributed by atoms with Gasteiger partial charge in [0, 0.05) is 28.0 Å². The molecule has 0 heterocycles. The summed E-state index contributed by atoms with van der Waals surface area (Å²) >= 11 is 17.2. The molecule has 0 unspecified atom stereocenters. The lowest BCUT2D eigenvalue weighted by Crippen LogP contribution is -2.27. The summed E-state index contributed by atoms with van der Waals surface area (Å²) in [6, 6.07) is 18.1. The van der Waals surface area contributed by atoms with E-state index in [4.69, 9.17) is 35.4 Å². The molecule has 0 aliphatic rings. The molecule has 0 spiro atoms. The highest BCUT2D eigenvalue weighted by atomic mass is 35.5. The summed E-state index contributed by atoms with van der Waals surface area (Å²) in [6.07, 6.45) is 0. The summed E-state index contributed by atoms with van der Waals surface area (Å²) in [5, 5.41) is 10.2. The molecule has 0 atom stereocenters. The number of benzene rings is 3. The number of carbonyl (C=O) groups excluding carboxylic acids is 1. The minimum Gasteiger partial charge on any atom is -0.358 e. The smallest absolute Gasteiger partial charge is 0.258 e. The van der Waals surface area contributed by atoms with Crippen molar-refractivity contribution in [3.05, 3.63) is 93.7 Å². The maximum atomic E-state index is 13.7. The number of halogens is 3. The van der Waals surface area contributed by atoms with Crippen molar-refractivity contribution in [3.63, 3.8) is 0 Å². The van der Waals surface area contributed by atoms with Crippen LogP contribution in [0.25, 0.3) is 0 Å². The van der Waals surface area contributed by atoms with Crippen molar-refractivity contribution in [2.75, 3.05) is 10.6 Å². The van der Waals surface area contributed by atoms with E-state index in [1.165, 1.54) is 18.2 Å². The number of nitrogens with one attached hydrogen (secondary N) is 3. The molecule has 8 heteroatoms. The van der Waals surface area contributed by atoms with E-state index in [0.29, 0.717) is 33.1 Å². The lowest BCUT2D eigenvalue weighted by molar-refractivity contribution is 0.102. The Kier molecular flexibility index (Phi) is 7.04. The molecule has 0 saturated heterocycles. The highest BCUT2D eigenvalue weighted by Gasteiger charge is 2.10. The van der Waals surface area contributed by atoms with E-state index < -0.39 is 11.7 Å². The normalized spacial score (nSPS) is 10.3. The van der Waals surface area contributed by atoms with Crippen molar-refractivity contribution in [1.29, 1.82) is 0 Å². The summed E-state index contributed by atoms with van der Waals surface area (Å²) in [6.45, 7) is 0.474. The summed E-state index contributed by atoms with van der Waals surface area (Å²) in [5.41, 5.74) is 2.19. The average Bonchev–Trinajstić information content (AvgIpc) is 2.67. The van der Waals surface area contributed by atoms with Gasteiger partial charge in [-0.15, -0.1) is 0 Å². The van der Waals surface area contributed by atoms with Crippen molar-refractivity contribution in [3.8, 4) is 0 Å². The van der Waals surface area contributed by atoms with Crippen LogP contribution in [-0.4, -0.2) is 11.0 Å². The zero-order valence-electron chi connectivity index (χ0n) is 15.0. The maximum Gasteiger partial charge on any atom is 0.258 e. The van der Waals surface area contributed by atoms with Crippen LogP contribution in [0.1, 0.15) is 15.9 Å². The highest BCUT2D eigenvalue weighted by molar-refractivity contribution is 7.80. The third-order valence-corrected chi connectivity index (χ3v) is 4.59. The summed E-state index contributed by atoms with van der Waals surface area (Å²) in [5.74, 6) is -1.06. The minimum atomic E-state index is -0.562. The molecule has 4 nitrogen and oxygen atoms in total. The second kappa shape index (κ2) is 9.69. The van der Waals surface area contributed by atoms with E-state index in [0.717, 1.165) is 5.56 Å². The number of hydrogen-bond acceptors (Lipinski definition) is 2. The van der Waals surface area contributed by atoms with Gasteiger partial charge in [-0.2, -0.15) is 0 Å². The Labute approximate surface area is 183 Å². The minimum absolute atomic E-state index is 0.00390. The van der Waals surface area contributed by atoms with Crippen LogP contribution < -0.4 is 16.0 Å². The first-order chi connectivity index (χ1) is 13.9. The van der Waals surface area contributed by atoms with E-state index in [-0.39, 0.29) is 5.56 Å². The van der Waals surface area contributed by atoms with E-state index in [2.05, 4.69) is 16.0 Å². The van der Waals surface area contributed by atoms with Crippen LogP contribution >= 0.6 is 35.4 Å². The van der Waals surface area contributed by atoms with Crippen molar-refractivity contribution in [2.24, 2.45) is 0 Å². The predicted molar refractivity (Wildman–Crippen MR) is 120 cm³/mol. The molecular formula is C21H16Cl2FN3OS. The molecule has 0 bridgehead atoms. The number of thiocarbonyl (C=S) groups is 1. The maximum absolute atomic E-state index is 13.7. The Balaban J connectivity index is 1.53. The molecule has 0 aliphatic carbocycles. The second-order valence-electron chi connectivity index (χ2n) is 6.10.